The molecule has 0 aromatic carbocycles. The summed E-state index contributed by atoms with van der Waals surface area (Å²) in [4.78, 5) is 11.7. The van der Waals surface area contributed by atoms with Crippen LogP contribution in [0.1, 0.15) is 26.7 Å². The Morgan fingerprint density at radius 3 is 2.71 bits per heavy atom. The first-order valence-corrected chi connectivity index (χ1v) is 5.99. The van der Waals surface area contributed by atoms with Crippen LogP contribution >= 0.6 is 0 Å². The van der Waals surface area contributed by atoms with Crippen molar-refractivity contribution >= 4 is 5.97 Å². The van der Waals surface area contributed by atoms with Crippen LogP contribution < -0.4 is 0 Å². The number of rotatable bonds is 2. The van der Waals surface area contributed by atoms with E-state index in [1.165, 1.54) is 7.11 Å². The summed E-state index contributed by atoms with van der Waals surface area (Å²) in [6.07, 6.45) is 1.50. The lowest BCUT2D eigenvalue weighted by Gasteiger charge is -2.24. The number of ether oxygens (including phenoxy) is 3. The van der Waals surface area contributed by atoms with Crippen LogP contribution in [0.2, 0.25) is 0 Å². The molecule has 2 aliphatic rings. The molecule has 3 atom stereocenters. The zero-order chi connectivity index (χ0) is 12.6. The number of methoxy groups -OCH3 is 1. The van der Waals surface area contributed by atoms with E-state index in [9.17, 15) is 4.79 Å². The molecule has 1 saturated heterocycles. The van der Waals surface area contributed by atoms with Gasteiger partial charge in [0.15, 0.2) is 5.79 Å². The maximum Gasteiger partial charge on any atom is 0.309 e. The number of allylic oxidation sites excluding steroid dienone is 1. The third-order valence-electron chi connectivity index (χ3n) is 3.56. The van der Waals surface area contributed by atoms with Crippen LogP contribution in [-0.4, -0.2) is 31.6 Å². The Bertz CT molecular complexity index is 334. The first kappa shape index (κ1) is 12.6. The van der Waals surface area contributed by atoms with Gasteiger partial charge in [0.1, 0.15) is 0 Å². The molecule has 1 heterocycles. The van der Waals surface area contributed by atoms with Crippen LogP contribution in [0.25, 0.3) is 0 Å². The molecule has 0 N–H and O–H groups in total. The van der Waals surface area contributed by atoms with Crippen molar-refractivity contribution in [3.63, 3.8) is 0 Å². The van der Waals surface area contributed by atoms with Gasteiger partial charge >= 0.3 is 5.97 Å². The fourth-order valence-electron chi connectivity index (χ4n) is 2.75. The van der Waals surface area contributed by atoms with Gasteiger partial charge in [0, 0.05) is 5.92 Å². The molecule has 2 rings (SSSR count). The maximum atomic E-state index is 11.7. The molecule has 96 valence electrons. The Morgan fingerprint density at radius 2 is 2.18 bits per heavy atom. The van der Waals surface area contributed by atoms with Crippen LogP contribution in [0.4, 0.5) is 0 Å². The van der Waals surface area contributed by atoms with Crippen molar-refractivity contribution in [1.29, 1.82) is 0 Å². The number of carbonyl (C=O) groups excluding carboxylic acids is 1. The van der Waals surface area contributed by atoms with Gasteiger partial charge in [-0.25, -0.2) is 0 Å². The van der Waals surface area contributed by atoms with E-state index >= 15 is 0 Å². The molecule has 0 amide bonds. The Kier molecular flexibility index (Phi) is 3.27. The number of esters is 1. The quantitative estimate of drug-likeness (QED) is 0.546. The summed E-state index contributed by atoms with van der Waals surface area (Å²) in [5, 5.41) is 0. The lowest BCUT2D eigenvalue weighted by Crippen LogP contribution is -2.32. The predicted octanol–water partition coefficient (Wildman–Crippen LogP) is 1.89. The average molecular weight is 240 g/mol. The first-order valence-electron chi connectivity index (χ1n) is 5.99. The predicted molar refractivity (Wildman–Crippen MR) is 62.3 cm³/mol. The summed E-state index contributed by atoms with van der Waals surface area (Å²) in [6, 6.07) is 0. The SMILES string of the molecule is C=C1CC(C2COC(C)(C)O2)[C@@H](C(=O)OC)C1. The first-order chi connectivity index (χ1) is 7.93. The smallest absolute Gasteiger partial charge is 0.309 e. The molecular weight excluding hydrogens is 220 g/mol. The molecule has 4 heteroatoms. The van der Waals surface area contributed by atoms with Crippen LogP contribution in [0, 0.1) is 11.8 Å². The topological polar surface area (TPSA) is 44.8 Å². The van der Waals surface area contributed by atoms with Crippen molar-refractivity contribution in [3.8, 4) is 0 Å². The van der Waals surface area contributed by atoms with E-state index in [1.54, 1.807) is 0 Å². The standard InChI is InChI=1S/C13H20O4/c1-8-5-9(10(6-8)12(14)15-4)11-7-16-13(2,3)17-11/h9-11H,1,5-7H2,2-4H3/t9?,10-,11?/m0/s1. The monoisotopic (exact) mass is 240 g/mol. The molecule has 0 aromatic rings. The molecule has 4 nitrogen and oxygen atoms in total. The molecule has 0 radical (unpaired) electrons. The molecule has 1 aliphatic heterocycles. The molecule has 0 spiro atoms. The van der Waals surface area contributed by atoms with Gasteiger partial charge in [-0.3, -0.25) is 4.79 Å². The van der Waals surface area contributed by atoms with Crippen molar-refractivity contribution in [2.24, 2.45) is 11.8 Å². The second-order valence-corrected chi connectivity index (χ2v) is 5.32. The zero-order valence-electron chi connectivity index (χ0n) is 10.7. The summed E-state index contributed by atoms with van der Waals surface area (Å²) < 4.78 is 16.2. The average Bonchev–Trinajstić information content (AvgIpc) is 2.80. The highest BCUT2D eigenvalue weighted by Crippen LogP contribution is 2.42. The van der Waals surface area contributed by atoms with Crippen LogP contribution in [-0.2, 0) is 19.0 Å². The molecule has 2 unspecified atom stereocenters. The van der Waals surface area contributed by atoms with Crippen LogP contribution in [0.15, 0.2) is 12.2 Å². The van der Waals surface area contributed by atoms with Crippen LogP contribution in [0.5, 0.6) is 0 Å². The zero-order valence-corrected chi connectivity index (χ0v) is 10.7. The van der Waals surface area contributed by atoms with Crippen molar-refractivity contribution in [3.05, 3.63) is 12.2 Å². The fourth-order valence-corrected chi connectivity index (χ4v) is 2.75. The third kappa shape index (κ3) is 2.53. The molecule has 0 aromatic heterocycles. The molecule has 17 heavy (non-hydrogen) atoms. The van der Waals surface area contributed by atoms with E-state index < -0.39 is 5.79 Å². The van der Waals surface area contributed by atoms with E-state index in [0.29, 0.717) is 13.0 Å². The minimum absolute atomic E-state index is 0.0339. The van der Waals surface area contributed by atoms with Crippen LogP contribution in [0.3, 0.4) is 0 Å². The summed E-state index contributed by atoms with van der Waals surface area (Å²) in [7, 11) is 1.43. The van der Waals surface area contributed by atoms with E-state index in [2.05, 4.69) is 6.58 Å². The van der Waals surface area contributed by atoms with Crippen molar-refractivity contribution in [2.75, 3.05) is 13.7 Å². The lowest BCUT2D eigenvalue weighted by atomic mass is 9.91. The van der Waals surface area contributed by atoms with Gasteiger partial charge in [0.2, 0.25) is 0 Å². The van der Waals surface area contributed by atoms with E-state index in [0.717, 1.165) is 12.0 Å². The van der Waals surface area contributed by atoms with E-state index in [-0.39, 0.29) is 23.9 Å². The summed E-state index contributed by atoms with van der Waals surface area (Å²) in [5.74, 6) is -0.705. The van der Waals surface area contributed by atoms with Gasteiger partial charge in [0.25, 0.3) is 0 Å². The van der Waals surface area contributed by atoms with Gasteiger partial charge in [-0.1, -0.05) is 12.2 Å². The summed E-state index contributed by atoms with van der Waals surface area (Å²) in [5.41, 5.74) is 1.10. The van der Waals surface area contributed by atoms with E-state index in [4.69, 9.17) is 14.2 Å². The fraction of sp³-hybridized carbons (Fsp3) is 0.769. The molecule has 2 fully saturated rings. The molecule has 1 saturated carbocycles. The maximum absolute atomic E-state index is 11.7. The highest BCUT2D eigenvalue weighted by molar-refractivity contribution is 5.73. The normalized spacial score (nSPS) is 36.2. The molecular formula is C13H20O4. The number of hydrogen-bond donors (Lipinski definition) is 0. The second-order valence-electron chi connectivity index (χ2n) is 5.32. The molecule has 1 aliphatic carbocycles. The van der Waals surface area contributed by atoms with Gasteiger partial charge in [-0.15, -0.1) is 0 Å². The minimum Gasteiger partial charge on any atom is -0.469 e. The third-order valence-corrected chi connectivity index (χ3v) is 3.56. The Morgan fingerprint density at radius 1 is 1.47 bits per heavy atom. The number of hydrogen-bond acceptors (Lipinski definition) is 4. The van der Waals surface area contributed by atoms with Crippen molar-refractivity contribution in [2.45, 2.75) is 38.6 Å². The Labute approximate surface area is 102 Å². The van der Waals surface area contributed by atoms with Gasteiger partial charge in [-0.05, 0) is 26.7 Å². The minimum atomic E-state index is -0.546. The van der Waals surface area contributed by atoms with Crippen molar-refractivity contribution < 1.29 is 19.0 Å². The second kappa shape index (κ2) is 4.42. The van der Waals surface area contributed by atoms with Gasteiger partial charge in [0.05, 0.1) is 25.7 Å². The number of carbonyl (C=O) groups is 1. The Hall–Kier alpha value is -0.870. The molecule has 0 bridgehead atoms. The summed E-state index contributed by atoms with van der Waals surface area (Å²) in [6.45, 7) is 8.30. The largest absolute Gasteiger partial charge is 0.469 e. The highest BCUT2D eigenvalue weighted by atomic mass is 16.7. The Balaban J connectivity index is 2.09. The van der Waals surface area contributed by atoms with E-state index in [1.807, 2.05) is 13.8 Å². The van der Waals surface area contributed by atoms with Gasteiger partial charge in [-0.2, -0.15) is 0 Å². The summed E-state index contributed by atoms with van der Waals surface area (Å²) >= 11 is 0. The lowest BCUT2D eigenvalue weighted by molar-refractivity contribution is -0.157. The van der Waals surface area contributed by atoms with Crippen molar-refractivity contribution in [1.82, 2.24) is 0 Å². The van der Waals surface area contributed by atoms with Gasteiger partial charge < -0.3 is 14.2 Å². The highest BCUT2D eigenvalue weighted by Gasteiger charge is 2.46.